The van der Waals surface area contributed by atoms with Gasteiger partial charge in [0.05, 0.1) is 39.5 Å². The summed E-state index contributed by atoms with van der Waals surface area (Å²) in [5.41, 5.74) is 12.0. The van der Waals surface area contributed by atoms with Gasteiger partial charge in [0, 0.05) is 29.5 Å². The number of carbonyl (C=O) groups is 1. The Hall–Kier alpha value is -4.07. The molecule has 12 nitrogen and oxygen atoms in total. The van der Waals surface area contributed by atoms with Crippen LogP contribution >= 0.6 is 0 Å². The number of nitrogens with two attached hydrogens (primary N) is 1. The average Bonchev–Trinajstić information content (AvgIpc) is 3.76. The van der Waals surface area contributed by atoms with Crippen LogP contribution in [-0.4, -0.2) is 81.3 Å². The standard InChI is InChI=1S/C29H29NO6.C8H14O5.C2H6/c1-32-23-11-18(12-24(33-2)21(23)8-5-16-3-6-20(30)7-4-16)27-22-13-26-25(35-15-36-26)10-17(22)9-19-14-34-29(31)28(19)27;1-4-11-3-6-8(12-4)5(9)2-7(10)13-6;1-2/h3-4,6-7,10-13,19,27-28H,5,8-9,14-15,30H2,1-2H3;4-10H,2-3H2,1H3;1-2H3/t;4-,5?,6?,7?,8?;/m.1./s1. The summed E-state index contributed by atoms with van der Waals surface area (Å²) < 4.78 is 44.3. The maximum absolute atomic E-state index is 12.9. The first-order valence-corrected chi connectivity index (χ1v) is 17.7. The minimum Gasteiger partial charge on any atom is -0.496 e. The number of aliphatic hydroxyl groups is 2. The fourth-order valence-corrected chi connectivity index (χ4v) is 7.62. The molecule has 5 aliphatic rings. The van der Waals surface area contributed by atoms with Crippen molar-refractivity contribution in [3.05, 3.63) is 76.3 Å². The van der Waals surface area contributed by atoms with Gasteiger partial charge in [0.2, 0.25) is 6.79 Å². The monoisotopic (exact) mass is 707 g/mol. The number of methoxy groups -OCH3 is 2. The minimum absolute atomic E-state index is 0.109. The van der Waals surface area contributed by atoms with Crippen molar-refractivity contribution in [1.82, 2.24) is 0 Å². The molecule has 3 saturated heterocycles. The molecule has 4 N–H and O–H groups in total. The predicted octanol–water partition coefficient (Wildman–Crippen LogP) is 4.52. The zero-order valence-corrected chi connectivity index (χ0v) is 29.8. The van der Waals surface area contributed by atoms with E-state index in [9.17, 15) is 15.0 Å². The van der Waals surface area contributed by atoms with Gasteiger partial charge in [-0.1, -0.05) is 26.0 Å². The summed E-state index contributed by atoms with van der Waals surface area (Å²) in [5, 5.41) is 18.8. The van der Waals surface area contributed by atoms with Crippen molar-refractivity contribution >= 4 is 11.7 Å². The van der Waals surface area contributed by atoms with Crippen LogP contribution in [0.25, 0.3) is 0 Å². The Morgan fingerprint density at radius 3 is 2.25 bits per heavy atom. The molecule has 3 fully saturated rings. The van der Waals surface area contributed by atoms with E-state index in [1.54, 1.807) is 21.1 Å². The first-order valence-electron chi connectivity index (χ1n) is 17.7. The van der Waals surface area contributed by atoms with Gasteiger partial charge < -0.3 is 53.8 Å². The fraction of sp³-hybridized carbons (Fsp3) is 0.513. The number of benzene rings is 3. The summed E-state index contributed by atoms with van der Waals surface area (Å²) in [6.45, 7) is 6.78. The Kier molecular flexibility index (Phi) is 11.6. The number of esters is 1. The zero-order valence-electron chi connectivity index (χ0n) is 29.8. The quantitative estimate of drug-likeness (QED) is 0.244. The van der Waals surface area contributed by atoms with Crippen molar-refractivity contribution in [2.75, 3.05) is 40.0 Å². The van der Waals surface area contributed by atoms with Crippen LogP contribution in [0.15, 0.2) is 48.5 Å². The van der Waals surface area contributed by atoms with Crippen LogP contribution < -0.4 is 24.7 Å². The lowest BCUT2D eigenvalue weighted by molar-refractivity contribution is -0.324. The highest BCUT2D eigenvalue weighted by Crippen LogP contribution is 2.51. The number of rotatable bonds is 6. The van der Waals surface area contributed by atoms with Gasteiger partial charge in [-0.25, -0.2) is 0 Å². The van der Waals surface area contributed by atoms with E-state index in [0.717, 1.165) is 64.5 Å². The molecular formula is C39H49NO11. The number of nitrogen functional groups attached to an aromatic ring is 1. The SMILES string of the molecule is CC.COc1cc(C2c3cc4c(cc3CC3COC(=O)C32)OCO4)cc(OC)c1CCc1ccc(N)cc1.C[C@@H]1OCC2OC(O)CC(O)C2O1. The molecule has 4 heterocycles. The fourth-order valence-electron chi connectivity index (χ4n) is 7.62. The molecule has 7 unspecified atom stereocenters. The van der Waals surface area contributed by atoms with Gasteiger partial charge in [0.15, 0.2) is 24.1 Å². The zero-order chi connectivity index (χ0) is 36.2. The van der Waals surface area contributed by atoms with Crippen LogP contribution in [0.5, 0.6) is 23.0 Å². The molecule has 0 spiro atoms. The highest BCUT2D eigenvalue weighted by Gasteiger charge is 2.48. The molecule has 0 amide bonds. The maximum atomic E-state index is 12.9. The van der Waals surface area contributed by atoms with E-state index in [1.165, 1.54) is 5.56 Å². The first kappa shape index (κ1) is 36.7. The van der Waals surface area contributed by atoms with Gasteiger partial charge in [-0.3, -0.25) is 4.79 Å². The number of hydrogen-bond acceptors (Lipinski definition) is 12. The van der Waals surface area contributed by atoms with Gasteiger partial charge in [-0.2, -0.15) is 0 Å². The highest BCUT2D eigenvalue weighted by molar-refractivity contribution is 5.78. The molecule has 276 valence electrons. The summed E-state index contributed by atoms with van der Waals surface area (Å²) in [6.07, 6.45) is -0.0708. The Labute approximate surface area is 298 Å². The lowest BCUT2D eigenvalue weighted by atomic mass is 9.67. The maximum Gasteiger partial charge on any atom is 0.310 e. The molecule has 0 saturated carbocycles. The second kappa shape index (κ2) is 16.1. The third-order valence-electron chi connectivity index (χ3n) is 10.0. The first-order chi connectivity index (χ1) is 24.7. The number of cyclic esters (lactones) is 1. The summed E-state index contributed by atoms with van der Waals surface area (Å²) in [4.78, 5) is 12.9. The molecule has 8 atom stereocenters. The summed E-state index contributed by atoms with van der Waals surface area (Å²) in [6, 6.07) is 16.1. The Balaban J connectivity index is 0.000000250. The van der Waals surface area contributed by atoms with Gasteiger partial charge >= 0.3 is 5.97 Å². The Bertz CT molecular complexity index is 1640. The molecule has 1 aliphatic carbocycles. The lowest BCUT2D eigenvalue weighted by Gasteiger charge is -2.42. The van der Waals surface area contributed by atoms with Crippen LogP contribution in [0.2, 0.25) is 0 Å². The molecule has 8 rings (SSSR count). The summed E-state index contributed by atoms with van der Waals surface area (Å²) in [7, 11) is 3.34. The van der Waals surface area contributed by atoms with Crippen LogP contribution in [0.3, 0.4) is 0 Å². The van der Waals surface area contributed by atoms with Crippen molar-refractivity contribution in [3.8, 4) is 23.0 Å². The van der Waals surface area contributed by atoms with E-state index >= 15 is 0 Å². The van der Waals surface area contributed by atoms with Crippen LogP contribution in [-0.2, 0) is 43.0 Å². The molecule has 4 aliphatic heterocycles. The van der Waals surface area contributed by atoms with Crippen molar-refractivity contribution in [2.24, 2.45) is 11.8 Å². The molecule has 51 heavy (non-hydrogen) atoms. The van der Waals surface area contributed by atoms with E-state index in [1.807, 2.05) is 56.3 Å². The molecule has 0 bridgehead atoms. The van der Waals surface area contributed by atoms with Gasteiger partial charge in [-0.15, -0.1) is 0 Å². The van der Waals surface area contributed by atoms with Gasteiger partial charge in [0.1, 0.15) is 23.7 Å². The second-order valence-corrected chi connectivity index (χ2v) is 13.1. The third kappa shape index (κ3) is 7.75. The Morgan fingerprint density at radius 1 is 0.882 bits per heavy atom. The highest BCUT2D eigenvalue weighted by atomic mass is 16.7. The van der Waals surface area contributed by atoms with Crippen molar-refractivity contribution in [3.63, 3.8) is 0 Å². The van der Waals surface area contributed by atoms with Crippen molar-refractivity contribution < 1.29 is 52.9 Å². The number of aliphatic hydroxyl groups excluding tert-OH is 2. The topological polar surface area (TPSA) is 157 Å². The summed E-state index contributed by atoms with van der Waals surface area (Å²) in [5.74, 6) is 2.44. The van der Waals surface area contributed by atoms with E-state index in [0.29, 0.717) is 19.0 Å². The van der Waals surface area contributed by atoms with Gasteiger partial charge in [-0.05, 0) is 84.8 Å². The van der Waals surface area contributed by atoms with Gasteiger partial charge in [0.25, 0.3) is 0 Å². The molecule has 12 heteroatoms. The van der Waals surface area contributed by atoms with E-state index in [-0.39, 0.29) is 55.4 Å². The smallest absolute Gasteiger partial charge is 0.310 e. The lowest BCUT2D eigenvalue weighted by Crippen LogP contribution is -2.55. The second-order valence-electron chi connectivity index (χ2n) is 13.1. The molecule has 0 radical (unpaired) electrons. The molecule has 3 aromatic carbocycles. The largest absolute Gasteiger partial charge is 0.496 e. The van der Waals surface area contributed by atoms with E-state index in [2.05, 4.69) is 6.07 Å². The molecule has 0 aromatic heterocycles. The van der Waals surface area contributed by atoms with E-state index < -0.39 is 12.4 Å². The minimum atomic E-state index is -0.906. The number of hydrogen-bond donors (Lipinski definition) is 3. The number of aryl methyl sites for hydroxylation is 1. The summed E-state index contributed by atoms with van der Waals surface area (Å²) >= 11 is 0. The number of ether oxygens (including phenoxy) is 8. The molecular weight excluding hydrogens is 658 g/mol. The van der Waals surface area contributed by atoms with Crippen molar-refractivity contribution in [2.45, 2.75) is 83.3 Å². The van der Waals surface area contributed by atoms with Crippen LogP contribution in [0, 0.1) is 11.8 Å². The van der Waals surface area contributed by atoms with Crippen LogP contribution in [0.1, 0.15) is 60.9 Å². The molecule has 3 aromatic rings. The predicted molar refractivity (Wildman–Crippen MR) is 187 cm³/mol. The van der Waals surface area contributed by atoms with Crippen LogP contribution in [0.4, 0.5) is 5.69 Å². The van der Waals surface area contributed by atoms with E-state index in [4.69, 9.17) is 43.6 Å². The average molecular weight is 708 g/mol. The normalized spacial score (nSPS) is 28.4. The number of anilines is 1. The number of fused-ring (bicyclic) bond motifs is 4. The van der Waals surface area contributed by atoms with Crippen molar-refractivity contribution in [1.29, 1.82) is 0 Å². The Morgan fingerprint density at radius 2 is 1.57 bits per heavy atom. The third-order valence-corrected chi connectivity index (χ3v) is 10.0. The number of carbonyl (C=O) groups excluding carboxylic acids is 1.